The lowest BCUT2D eigenvalue weighted by Gasteiger charge is -2.36. The molecule has 0 spiro atoms. The van der Waals surface area contributed by atoms with E-state index in [1.165, 1.54) is 6.07 Å². The number of hydrogen-bond acceptors (Lipinski definition) is 3. The lowest BCUT2D eigenvalue weighted by Crippen LogP contribution is -2.33. The van der Waals surface area contributed by atoms with Crippen LogP contribution in [0.15, 0.2) is 28.7 Å². The first-order chi connectivity index (χ1) is 9.67. The zero-order valence-corrected chi connectivity index (χ0v) is 11.6. The normalized spacial score (nSPS) is 23.8. The maximum atomic E-state index is 13.6. The maximum absolute atomic E-state index is 13.6. The van der Waals surface area contributed by atoms with E-state index in [9.17, 15) is 4.39 Å². The van der Waals surface area contributed by atoms with Crippen LogP contribution in [0.2, 0.25) is 0 Å². The average molecular weight is 277 g/mol. The number of halogens is 1. The summed E-state index contributed by atoms with van der Waals surface area (Å²) in [5.74, 6) is 0.922. The molecule has 1 unspecified atom stereocenters. The molecule has 0 amide bonds. The number of rotatable bonds is 5. The van der Waals surface area contributed by atoms with Gasteiger partial charge in [0.05, 0.1) is 12.1 Å². The Kier molecular flexibility index (Phi) is 3.76. The van der Waals surface area contributed by atoms with Gasteiger partial charge in [-0.15, -0.1) is 0 Å². The summed E-state index contributed by atoms with van der Waals surface area (Å²) in [4.78, 5) is 0. The van der Waals surface area contributed by atoms with Crippen LogP contribution in [0.4, 0.5) is 4.39 Å². The topological polar surface area (TPSA) is 48.4 Å². The van der Waals surface area contributed by atoms with Crippen LogP contribution < -0.4 is 5.73 Å². The summed E-state index contributed by atoms with van der Waals surface area (Å²) in [6.07, 6.45) is 3.39. The molecule has 2 aromatic rings. The van der Waals surface area contributed by atoms with Crippen molar-refractivity contribution in [3.63, 3.8) is 0 Å². The van der Waals surface area contributed by atoms with Crippen LogP contribution in [-0.4, -0.2) is 12.7 Å². The summed E-state index contributed by atoms with van der Waals surface area (Å²) in [6.45, 7) is 2.79. The SMILES string of the molecule is CCOC1CC(CC(N)c2cc3cccc(F)c3o2)C1. The number of nitrogens with two attached hydrogens (primary N) is 1. The highest BCUT2D eigenvalue weighted by molar-refractivity contribution is 5.78. The predicted octanol–water partition coefficient (Wildman–Crippen LogP) is 3.78. The molecule has 0 saturated heterocycles. The maximum Gasteiger partial charge on any atom is 0.169 e. The Morgan fingerprint density at radius 2 is 2.25 bits per heavy atom. The Morgan fingerprint density at radius 3 is 2.95 bits per heavy atom. The van der Waals surface area contributed by atoms with Crippen molar-refractivity contribution in [1.29, 1.82) is 0 Å². The fourth-order valence-electron chi connectivity index (χ4n) is 2.94. The molecule has 2 N–H and O–H groups in total. The van der Waals surface area contributed by atoms with Gasteiger partial charge in [0.15, 0.2) is 11.4 Å². The van der Waals surface area contributed by atoms with Gasteiger partial charge in [-0.25, -0.2) is 4.39 Å². The Labute approximate surface area is 117 Å². The standard InChI is InChI=1S/C16H20FNO2/c1-2-19-12-6-10(7-12)8-14(18)15-9-11-4-3-5-13(17)16(11)20-15/h3-5,9-10,12,14H,2,6-8,18H2,1H3. The van der Waals surface area contributed by atoms with Crippen molar-refractivity contribution in [2.75, 3.05) is 6.61 Å². The van der Waals surface area contributed by atoms with Crippen molar-refractivity contribution in [2.45, 2.75) is 38.3 Å². The van der Waals surface area contributed by atoms with Gasteiger partial charge in [0.1, 0.15) is 5.76 Å². The predicted molar refractivity (Wildman–Crippen MR) is 75.9 cm³/mol. The molecule has 3 rings (SSSR count). The van der Waals surface area contributed by atoms with Crippen molar-refractivity contribution in [3.8, 4) is 0 Å². The minimum atomic E-state index is -0.332. The van der Waals surface area contributed by atoms with Crippen LogP contribution in [0.1, 0.15) is 38.0 Å². The molecule has 0 bridgehead atoms. The number of hydrogen-bond donors (Lipinski definition) is 1. The Bertz CT molecular complexity index is 589. The molecular weight excluding hydrogens is 257 g/mol. The zero-order chi connectivity index (χ0) is 14.1. The highest BCUT2D eigenvalue weighted by Gasteiger charge is 2.31. The minimum Gasteiger partial charge on any atom is -0.456 e. The number of para-hydroxylation sites is 1. The van der Waals surface area contributed by atoms with Crippen LogP contribution in [0.3, 0.4) is 0 Å². The van der Waals surface area contributed by atoms with E-state index >= 15 is 0 Å². The largest absolute Gasteiger partial charge is 0.456 e. The van der Waals surface area contributed by atoms with Gasteiger partial charge in [0, 0.05) is 12.0 Å². The van der Waals surface area contributed by atoms with E-state index < -0.39 is 0 Å². The third-order valence-electron chi connectivity index (χ3n) is 4.06. The summed E-state index contributed by atoms with van der Waals surface area (Å²) < 4.78 is 24.7. The molecule has 20 heavy (non-hydrogen) atoms. The van der Waals surface area contributed by atoms with Crippen molar-refractivity contribution in [2.24, 2.45) is 11.7 Å². The van der Waals surface area contributed by atoms with Crippen LogP contribution >= 0.6 is 0 Å². The summed E-state index contributed by atoms with van der Waals surface area (Å²) >= 11 is 0. The van der Waals surface area contributed by atoms with Crippen molar-refractivity contribution in [1.82, 2.24) is 0 Å². The summed E-state index contributed by atoms with van der Waals surface area (Å²) in [6, 6.07) is 6.60. The fraction of sp³-hybridized carbons (Fsp3) is 0.500. The summed E-state index contributed by atoms with van der Waals surface area (Å²) in [7, 11) is 0. The van der Waals surface area contributed by atoms with Crippen LogP contribution in [0, 0.1) is 11.7 Å². The van der Waals surface area contributed by atoms with Crippen molar-refractivity contribution < 1.29 is 13.5 Å². The second kappa shape index (κ2) is 5.54. The van der Waals surface area contributed by atoms with E-state index in [2.05, 4.69) is 0 Å². The van der Waals surface area contributed by atoms with Gasteiger partial charge in [-0.1, -0.05) is 12.1 Å². The Hall–Kier alpha value is -1.39. The molecule has 3 nitrogen and oxygen atoms in total. The van der Waals surface area contributed by atoms with E-state index in [4.69, 9.17) is 14.9 Å². The molecule has 0 aliphatic heterocycles. The first kappa shape index (κ1) is 13.6. The average Bonchev–Trinajstić information content (AvgIpc) is 2.82. The first-order valence-electron chi connectivity index (χ1n) is 7.22. The van der Waals surface area contributed by atoms with E-state index in [1.807, 2.05) is 19.1 Å². The summed E-state index contributed by atoms with van der Waals surface area (Å²) in [5, 5.41) is 0.774. The van der Waals surface area contributed by atoms with E-state index in [0.29, 0.717) is 23.4 Å². The number of benzene rings is 1. The molecule has 1 saturated carbocycles. The monoisotopic (exact) mass is 277 g/mol. The Balaban J connectivity index is 1.64. The highest BCUT2D eigenvalue weighted by atomic mass is 19.1. The van der Waals surface area contributed by atoms with Gasteiger partial charge in [0.25, 0.3) is 0 Å². The molecule has 0 radical (unpaired) electrons. The fourth-order valence-corrected chi connectivity index (χ4v) is 2.94. The number of furan rings is 1. The van der Waals surface area contributed by atoms with Gasteiger partial charge < -0.3 is 14.9 Å². The molecule has 108 valence electrons. The van der Waals surface area contributed by atoms with Crippen LogP contribution in [0.5, 0.6) is 0 Å². The molecular formula is C16H20FNO2. The Morgan fingerprint density at radius 1 is 1.45 bits per heavy atom. The lowest BCUT2D eigenvalue weighted by molar-refractivity contribution is -0.0286. The second-order valence-electron chi connectivity index (χ2n) is 5.56. The zero-order valence-electron chi connectivity index (χ0n) is 11.6. The van der Waals surface area contributed by atoms with Gasteiger partial charge in [-0.3, -0.25) is 0 Å². The van der Waals surface area contributed by atoms with E-state index in [0.717, 1.165) is 31.3 Å². The van der Waals surface area contributed by atoms with Gasteiger partial charge in [-0.05, 0) is 44.2 Å². The molecule has 1 atom stereocenters. The highest BCUT2D eigenvalue weighted by Crippen LogP contribution is 2.37. The lowest BCUT2D eigenvalue weighted by atomic mass is 9.78. The second-order valence-corrected chi connectivity index (χ2v) is 5.56. The molecule has 1 aromatic heterocycles. The van der Waals surface area contributed by atoms with Crippen molar-refractivity contribution in [3.05, 3.63) is 35.8 Å². The smallest absolute Gasteiger partial charge is 0.169 e. The van der Waals surface area contributed by atoms with Gasteiger partial charge in [-0.2, -0.15) is 0 Å². The molecule has 1 aliphatic rings. The molecule has 1 aliphatic carbocycles. The van der Waals surface area contributed by atoms with Crippen LogP contribution in [0.25, 0.3) is 11.0 Å². The third-order valence-corrected chi connectivity index (χ3v) is 4.06. The van der Waals surface area contributed by atoms with E-state index in [1.54, 1.807) is 6.07 Å². The molecule has 1 fully saturated rings. The van der Waals surface area contributed by atoms with Crippen LogP contribution in [-0.2, 0) is 4.74 Å². The quantitative estimate of drug-likeness (QED) is 0.904. The summed E-state index contributed by atoms with van der Waals surface area (Å²) in [5.41, 5.74) is 6.49. The number of ether oxygens (including phenoxy) is 1. The van der Waals surface area contributed by atoms with Gasteiger partial charge >= 0.3 is 0 Å². The van der Waals surface area contributed by atoms with E-state index in [-0.39, 0.29) is 11.9 Å². The minimum absolute atomic E-state index is 0.172. The molecule has 1 aromatic carbocycles. The first-order valence-corrected chi connectivity index (χ1v) is 7.22. The van der Waals surface area contributed by atoms with Gasteiger partial charge in [0.2, 0.25) is 0 Å². The molecule has 4 heteroatoms. The van der Waals surface area contributed by atoms with Crippen molar-refractivity contribution >= 4 is 11.0 Å². The third kappa shape index (κ3) is 2.58. The number of fused-ring (bicyclic) bond motifs is 1. The molecule has 1 heterocycles.